The second-order valence-corrected chi connectivity index (χ2v) is 3.92. The zero-order chi connectivity index (χ0) is 11.5. The second kappa shape index (κ2) is 5.70. The number of carbonyl (C=O) groups is 1. The Kier molecular flexibility index (Phi) is 4.54. The molecular weight excluding hydrogens is 240 g/mol. The summed E-state index contributed by atoms with van der Waals surface area (Å²) in [4.78, 5) is 13.7. The van der Waals surface area contributed by atoms with Gasteiger partial charge in [-0.15, -0.1) is 12.4 Å². The molecule has 0 saturated heterocycles. The molecule has 0 fully saturated rings. The summed E-state index contributed by atoms with van der Waals surface area (Å²) in [6.45, 7) is 0. The van der Waals surface area contributed by atoms with Gasteiger partial charge in [0.2, 0.25) is 0 Å². The Morgan fingerprint density at radius 1 is 1.41 bits per heavy atom. The lowest BCUT2D eigenvalue weighted by molar-refractivity contribution is -0.137. The number of nitrogens with one attached hydrogen (secondary N) is 1. The fourth-order valence-electron chi connectivity index (χ4n) is 1.88. The molecule has 0 aliphatic rings. The van der Waals surface area contributed by atoms with E-state index in [1.807, 2.05) is 30.5 Å². The maximum Gasteiger partial charge on any atom is 0.304 e. The van der Waals surface area contributed by atoms with Crippen molar-refractivity contribution in [1.29, 1.82) is 0 Å². The van der Waals surface area contributed by atoms with E-state index in [1.165, 1.54) is 0 Å². The van der Waals surface area contributed by atoms with E-state index in [1.54, 1.807) is 0 Å². The van der Waals surface area contributed by atoms with Crippen molar-refractivity contribution in [2.45, 2.75) is 18.9 Å². The fraction of sp³-hybridized carbons (Fsp3) is 0.250. The number of hydrogen-bond donors (Lipinski definition) is 3. The monoisotopic (exact) mass is 254 g/mol. The van der Waals surface area contributed by atoms with E-state index < -0.39 is 5.97 Å². The number of aromatic nitrogens is 1. The van der Waals surface area contributed by atoms with E-state index in [9.17, 15) is 4.79 Å². The number of rotatable bonds is 4. The zero-order valence-electron chi connectivity index (χ0n) is 9.22. The van der Waals surface area contributed by atoms with Crippen molar-refractivity contribution in [3.05, 3.63) is 36.0 Å². The molecule has 1 aromatic carbocycles. The molecule has 17 heavy (non-hydrogen) atoms. The predicted octanol–water partition coefficient (Wildman–Crippen LogP) is 1.93. The molecule has 0 aliphatic carbocycles. The first kappa shape index (κ1) is 13.5. The third-order valence-corrected chi connectivity index (χ3v) is 2.59. The zero-order valence-corrected chi connectivity index (χ0v) is 10.0. The molecule has 2 rings (SSSR count). The van der Waals surface area contributed by atoms with Gasteiger partial charge in [0.25, 0.3) is 0 Å². The maximum atomic E-state index is 10.5. The van der Waals surface area contributed by atoms with Crippen LogP contribution in [0.2, 0.25) is 0 Å². The summed E-state index contributed by atoms with van der Waals surface area (Å²) in [6, 6.07) is 7.58. The van der Waals surface area contributed by atoms with Crippen LogP contribution < -0.4 is 5.73 Å². The molecule has 0 unspecified atom stereocenters. The van der Waals surface area contributed by atoms with Gasteiger partial charge in [0, 0.05) is 23.1 Å². The number of fused-ring (bicyclic) bond motifs is 1. The molecule has 0 saturated carbocycles. The summed E-state index contributed by atoms with van der Waals surface area (Å²) in [5.74, 6) is -0.854. The van der Waals surface area contributed by atoms with Crippen molar-refractivity contribution in [1.82, 2.24) is 4.98 Å². The topological polar surface area (TPSA) is 79.1 Å². The minimum atomic E-state index is -0.854. The van der Waals surface area contributed by atoms with Crippen LogP contribution in [0.25, 0.3) is 10.9 Å². The molecule has 0 aliphatic heterocycles. The van der Waals surface area contributed by atoms with Gasteiger partial charge in [0.1, 0.15) is 0 Å². The average Bonchev–Trinajstić information content (AvgIpc) is 2.61. The van der Waals surface area contributed by atoms with Crippen molar-refractivity contribution in [2.24, 2.45) is 5.73 Å². The summed E-state index contributed by atoms with van der Waals surface area (Å²) < 4.78 is 0. The molecule has 4 nitrogen and oxygen atoms in total. The van der Waals surface area contributed by atoms with Crippen molar-refractivity contribution < 1.29 is 9.90 Å². The molecule has 0 amide bonds. The number of aromatic amines is 1. The number of benzene rings is 1. The fourth-order valence-corrected chi connectivity index (χ4v) is 1.88. The van der Waals surface area contributed by atoms with Gasteiger partial charge in [-0.25, -0.2) is 0 Å². The van der Waals surface area contributed by atoms with E-state index >= 15 is 0 Å². The minimum Gasteiger partial charge on any atom is -0.481 e. The number of para-hydroxylation sites is 1. The van der Waals surface area contributed by atoms with Gasteiger partial charge in [-0.05, 0) is 18.1 Å². The number of carboxylic acids is 1. The Hall–Kier alpha value is -1.52. The molecule has 1 heterocycles. The lowest BCUT2D eigenvalue weighted by Gasteiger charge is -2.07. The van der Waals surface area contributed by atoms with Gasteiger partial charge in [-0.3, -0.25) is 4.79 Å². The van der Waals surface area contributed by atoms with Gasteiger partial charge < -0.3 is 15.8 Å². The van der Waals surface area contributed by atoms with Crippen LogP contribution in [0.15, 0.2) is 30.5 Å². The molecule has 4 N–H and O–H groups in total. The summed E-state index contributed by atoms with van der Waals surface area (Å²) in [5, 5.41) is 9.75. The molecule has 5 heteroatoms. The molecule has 0 bridgehead atoms. The third-order valence-electron chi connectivity index (χ3n) is 2.59. The third kappa shape index (κ3) is 3.22. The number of hydrogen-bond acceptors (Lipinski definition) is 2. The van der Waals surface area contributed by atoms with Crippen LogP contribution in [0.4, 0.5) is 0 Å². The predicted molar refractivity (Wildman–Crippen MR) is 69.5 cm³/mol. The quantitative estimate of drug-likeness (QED) is 0.780. The van der Waals surface area contributed by atoms with Crippen LogP contribution in [-0.4, -0.2) is 22.1 Å². The smallest absolute Gasteiger partial charge is 0.304 e. The molecule has 1 aromatic heterocycles. The highest BCUT2D eigenvalue weighted by atomic mass is 35.5. The largest absolute Gasteiger partial charge is 0.481 e. The average molecular weight is 255 g/mol. The first-order valence-electron chi connectivity index (χ1n) is 5.19. The van der Waals surface area contributed by atoms with Gasteiger partial charge in [-0.1, -0.05) is 18.2 Å². The van der Waals surface area contributed by atoms with Crippen LogP contribution in [0.5, 0.6) is 0 Å². The van der Waals surface area contributed by atoms with E-state index in [2.05, 4.69) is 4.98 Å². The number of nitrogens with two attached hydrogens (primary N) is 1. The summed E-state index contributed by atoms with van der Waals surface area (Å²) >= 11 is 0. The Morgan fingerprint density at radius 3 is 2.82 bits per heavy atom. The summed E-state index contributed by atoms with van der Waals surface area (Å²) in [7, 11) is 0. The Balaban J connectivity index is 0.00000144. The molecule has 0 radical (unpaired) electrons. The van der Waals surface area contributed by atoms with Crippen LogP contribution >= 0.6 is 12.4 Å². The normalized spacial score (nSPS) is 12.1. The Morgan fingerprint density at radius 2 is 2.12 bits per heavy atom. The highest BCUT2D eigenvalue weighted by Crippen LogP contribution is 2.19. The van der Waals surface area contributed by atoms with Gasteiger partial charge in [0.05, 0.1) is 6.42 Å². The van der Waals surface area contributed by atoms with Crippen LogP contribution in [0, 0.1) is 0 Å². The molecule has 92 valence electrons. The lowest BCUT2D eigenvalue weighted by atomic mass is 10.0. The number of halogens is 1. The molecule has 2 aromatic rings. The van der Waals surface area contributed by atoms with E-state index in [4.69, 9.17) is 10.8 Å². The maximum absolute atomic E-state index is 10.5. The first-order valence-corrected chi connectivity index (χ1v) is 5.19. The van der Waals surface area contributed by atoms with Crippen LogP contribution in [-0.2, 0) is 11.2 Å². The van der Waals surface area contributed by atoms with Crippen molar-refractivity contribution in [3.63, 3.8) is 0 Å². The number of carboxylic acid groups (broad SMARTS) is 1. The molecule has 0 spiro atoms. The van der Waals surface area contributed by atoms with E-state index in [-0.39, 0.29) is 24.9 Å². The molecular formula is C12H15ClN2O2. The summed E-state index contributed by atoms with van der Waals surface area (Å²) in [6.07, 6.45) is 2.47. The highest BCUT2D eigenvalue weighted by molar-refractivity contribution is 5.85. The number of H-pyrrole nitrogens is 1. The van der Waals surface area contributed by atoms with Gasteiger partial charge in [-0.2, -0.15) is 0 Å². The van der Waals surface area contributed by atoms with Gasteiger partial charge >= 0.3 is 5.97 Å². The standard InChI is InChI=1S/C12H14N2O2.ClH/c13-9(6-12(15)16)5-8-7-14-11-4-2-1-3-10(8)11;/h1-4,7,9,14H,5-6,13H2,(H,15,16);1H/t9-;/m0./s1. The van der Waals surface area contributed by atoms with Crippen LogP contribution in [0.1, 0.15) is 12.0 Å². The SMILES string of the molecule is Cl.N[C@H](CC(=O)O)Cc1c[nH]c2ccccc12. The van der Waals surface area contributed by atoms with Gasteiger partial charge in [0.15, 0.2) is 0 Å². The lowest BCUT2D eigenvalue weighted by Crippen LogP contribution is -2.25. The van der Waals surface area contributed by atoms with E-state index in [0.717, 1.165) is 16.5 Å². The summed E-state index contributed by atoms with van der Waals surface area (Å²) in [5.41, 5.74) is 7.89. The van der Waals surface area contributed by atoms with E-state index in [0.29, 0.717) is 6.42 Å². The molecule has 1 atom stereocenters. The number of aliphatic carboxylic acids is 1. The Labute approximate surface area is 105 Å². The first-order chi connectivity index (χ1) is 7.66. The van der Waals surface area contributed by atoms with Crippen molar-refractivity contribution in [2.75, 3.05) is 0 Å². The van der Waals surface area contributed by atoms with Crippen LogP contribution in [0.3, 0.4) is 0 Å². The highest BCUT2D eigenvalue weighted by Gasteiger charge is 2.11. The van der Waals surface area contributed by atoms with Crippen molar-refractivity contribution in [3.8, 4) is 0 Å². The second-order valence-electron chi connectivity index (χ2n) is 3.92. The minimum absolute atomic E-state index is 0. The Bertz CT molecular complexity index is 510. The van der Waals surface area contributed by atoms with Crippen molar-refractivity contribution >= 4 is 29.3 Å².